The van der Waals surface area contributed by atoms with Crippen molar-refractivity contribution in [3.63, 3.8) is 0 Å². The van der Waals surface area contributed by atoms with Crippen molar-refractivity contribution in [1.29, 1.82) is 0 Å². The maximum absolute atomic E-state index is 10.9. The maximum atomic E-state index is 10.9. The molecule has 0 radical (unpaired) electrons. The zero-order valence-electron chi connectivity index (χ0n) is 10.1. The van der Waals surface area contributed by atoms with Gasteiger partial charge in [0.1, 0.15) is 0 Å². The van der Waals surface area contributed by atoms with E-state index in [9.17, 15) is 9.59 Å². The summed E-state index contributed by atoms with van der Waals surface area (Å²) in [4.78, 5) is 25.2. The van der Waals surface area contributed by atoms with Gasteiger partial charge in [-0.1, -0.05) is 6.92 Å². The monoisotopic (exact) mass is 231 g/mol. The molecule has 0 saturated carbocycles. The second kappa shape index (κ2) is 7.19. The molecule has 0 aliphatic carbocycles. The number of amides is 1. The molecule has 1 unspecified atom stereocenters. The Kier molecular flexibility index (Phi) is 6.67. The molecule has 0 heterocycles. The molecule has 0 fully saturated rings. The Labute approximate surface area is 96.0 Å². The Morgan fingerprint density at radius 3 is 2.25 bits per heavy atom. The van der Waals surface area contributed by atoms with Gasteiger partial charge in [0.15, 0.2) is 0 Å². The summed E-state index contributed by atoms with van der Waals surface area (Å²) in [6.45, 7) is 3.38. The van der Waals surface area contributed by atoms with E-state index in [-0.39, 0.29) is 12.5 Å². The van der Waals surface area contributed by atoms with E-state index in [0.717, 1.165) is 6.54 Å². The Hall–Kier alpha value is -1.14. The average molecular weight is 231 g/mol. The van der Waals surface area contributed by atoms with Crippen LogP contribution in [0, 0.1) is 5.92 Å². The molecule has 0 aromatic rings. The number of carbonyl (C=O) groups is 2. The normalized spacial score (nSPS) is 13.1. The summed E-state index contributed by atoms with van der Waals surface area (Å²) >= 11 is 0. The van der Waals surface area contributed by atoms with Gasteiger partial charge in [-0.25, -0.2) is 0 Å². The maximum Gasteiger partial charge on any atom is 0.317 e. The van der Waals surface area contributed by atoms with Gasteiger partial charge in [-0.05, 0) is 14.1 Å². The van der Waals surface area contributed by atoms with Crippen LogP contribution >= 0.6 is 0 Å². The van der Waals surface area contributed by atoms with Crippen molar-refractivity contribution in [2.24, 2.45) is 11.7 Å². The second-order valence-electron chi connectivity index (χ2n) is 4.24. The molecule has 0 aliphatic rings. The fourth-order valence-electron chi connectivity index (χ4n) is 1.24. The molecule has 0 spiro atoms. The van der Waals surface area contributed by atoms with Crippen molar-refractivity contribution in [3.8, 4) is 0 Å². The zero-order chi connectivity index (χ0) is 12.7. The molecular formula is C10H21N3O3. The van der Waals surface area contributed by atoms with Gasteiger partial charge in [-0.3, -0.25) is 14.5 Å². The zero-order valence-corrected chi connectivity index (χ0v) is 10.1. The first-order valence-corrected chi connectivity index (χ1v) is 5.21. The third-order valence-corrected chi connectivity index (χ3v) is 2.24. The van der Waals surface area contributed by atoms with Gasteiger partial charge in [0.05, 0.1) is 6.54 Å². The SMILES string of the molecule is CC(CN(CCN(C)C)CC(=O)O)C(N)=O. The van der Waals surface area contributed by atoms with Crippen LogP contribution in [0.4, 0.5) is 0 Å². The first-order valence-electron chi connectivity index (χ1n) is 5.21. The molecule has 0 saturated heterocycles. The van der Waals surface area contributed by atoms with Crippen LogP contribution in [0.1, 0.15) is 6.92 Å². The fourth-order valence-corrected chi connectivity index (χ4v) is 1.24. The van der Waals surface area contributed by atoms with E-state index in [2.05, 4.69) is 0 Å². The third kappa shape index (κ3) is 7.19. The molecule has 6 heteroatoms. The number of nitrogens with two attached hydrogens (primary N) is 1. The Bertz CT molecular complexity index is 243. The quantitative estimate of drug-likeness (QED) is 0.563. The van der Waals surface area contributed by atoms with Gasteiger partial charge in [0.2, 0.25) is 5.91 Å². The van der Waals surface area contributed by atoms with Crippen LogP contribution in [0.25, 0.3) is 0 Å². The largest absolute Gasteiger partial charge is 0.480 e. The number of hydrogen-bond donors (Lipinski definition) is 2. The molecule has 1 atom stereocenters. The number of carboxylic acids is 1. The predicted octanol–water partition coefficient (Wildman–Crippen LogP) is -0.944. The molecule has 94 valence electrons. The molecular weight excluding hydrogens is 210 g/mol. The van der Waals surface area contributed by atoms with Crippen LogP contribution in [-0.4, -0.2) is 67.1 Å². The van der Waals surface area contributed by atoms with Crippen LogP contribution in [0.3, 0.4) is 0 Å². The van der Waals surface area contributed by atoms with E-state index in [1.54, 1.807) is 11.8 Å². The van der Waals surface area contributed by atoms with Gasteiger partial charge < -0.3 is 15.7 Å². The summed E-state index contributed by atoms with van der Waals surface area (Å²) in [6, 6.07) is 0. The lowest BCUT2D eigenvalue weighted by atomic mass is 10.1. The minimum absolute atomic E-state index is 0.0640. The number of nitrogens with zero attached hydrogens (tertiary/aromatic N) is 2. The van der Waals surface area contributed by atoms with Gasteiger partial charge in [0.25, 0.3) is 0 Å². The summed E-state index contributed by atoms with van der Waals surface area (Å²) in [7, 11) is 3.83. The smallest absolute Gasteiger partial charge is 0.317 e. The second-order valence-corrected chi connectivity index (χ2v) is 4.24. The molecule has 0 aromatic heterocycles. The topological polar surface area (TPSA) is 86.9 Å². The van der Waals surface area contributed by atoms with Crippen molar-refractivity contribution < 1.29 is 14.7 Å². The number of hydrogen-bond acceptors (Lipinski definition) is 4. The fraction of sp³-hybridized carbons (Fsp3) is 0.800. The molecule has 16 heavy (non-hydrogen) atoms. The van der Waals surface area contributed by atoms with Crippen molar-refractivity contribution in [1.82, 2.24) is 9.80 Å². The molecule has 3 N–H and O–H groups in total. The standard InChI is InChI=1S/C10H21N3O3/c1-8(10(11)16)6-13(7-9(14)15)5-4-12(2)3/h8H,4-7H2,1-3H3,(H2,11,16)(H,14,15). The summed E-state index contributed by atoms with van der Waals surface area (Å²) in [5.74, 6) is -1.63. The molecule has 1 amide bonds. The van der Waals surface area contributed by atoms with Crippen molar-refractivity contribution in [2.75, 3.05) is 40.3 Å². The van der Waals surface area contributed by atoms with E-state index in [4.69, 9.17) is 10.8 Å². The van der Waals surface area contributed by atoms with Gasteiger partial charge >= 0.3 is 5.97 Å². The van der Waals surface area contributed by atoms with Crippen LogP contribution in [-0.2, 0) is 9.59 Å². The first-order chi connectivity index (χ1) is 7.32. The van der Waals surface area contributed by atoms with Crippen LogP contribution in [0.2, 0.25) is 0 Å². The minimum atomic E-state index is -0.893. The molecule has 0 aromatic carbocycles. The van der Waals surface area contributed by atoms with Gasteiger partial charge in [-0.15, -0.1) is 0 Å². The Morgan fingerprint density at radius 1 is 1.31 bits per heavy atom. The molecule has 0 aliphatic heterocycles. The van der Waals surface area contributed by atoms with Crippen LogP contribution in [0.15, 0.2) is 0 Å². The van der Waals surface area contributed by atoms with E-state index in [1.807, 2.05) is 19.0 Å². The lowest BCUT2D eigenvalue weighted by molar-refractivity contribution is -0.139. The van der Waals surface area contributed by atoms with E-state index in [0.29, 0.717) is 13.1 Å². The number of primary amides is 1. The Balaban J connectivity index is 4.19. The highest BCUT2D eigenvalue weighted by Gasteiger charge is 2.16. The molecule has 0 bridgehead atoms. The summed E-state index contributed by atoms with van der Waals surface area (Å²) in [5, 5.41) is 8.73. The number of carboxylic acid groups (broad SMARTS) is 1. The summed E-state index contributed by atoms with van der Waals surface area (Å²) < 4.78 is 0. The summed E-state index contributed by atoms with van der Waals surface area (Å²) in [5.41, 5.74) is 5.15. The minimum Gasteiger partial charge on any atom is -0.480 e. The van der Waals surface area contributed by atoms with Crippen LogP contribution in [0.5, 0.6) is 0 Å². The van der Waals surface area contributed by atoms with Crippen molar-refractivity contribution in [3.05, 3.63) is 0 Å². The highest BCUT2D eigenvalue weighted by Crippen LogP contribution is 1.99. The van der Waals surface area contributed by atoms with Gasteiger partial charge in [0, 0.05) is 25.6 Å². The van der Waals surface area contributed by atoms with Gasteiger partial charge in [-0.2, -0.15) is 0 Å². The predicted molar refractivity (Wildman–Crippen MR) is 61.0 cm³/mol. The Morgan fingerprint density at radius 2 is 1.88 bits per heavy atom. The van der Waals surface area contributed by atoms with Crippen molar-refractivity contribution in [2.45, 2.75) is 6.92 Å². The van der Waals surface area contributed by atoms with E-state index < -0.39 is 11.9 Å². The highest BCUT2D eigenvalue weighted by molar-refractivity contribution is 5.76. The number of carbonyl (C=O) groups excluding carboxylic acids is 1. The highest BCUT2D eigenvalue weighted by atomic mass is 16.4. The lowest BCUT2D eigenvalue weighted by Crippen LogP contribution is -2.41. The van der Waals surface area contributed by atoms with Crippen LogP contribution < -0.4 is 5.73 Å². The van der Waals surface area contributed by atoms with Crippen molar-refractivity contribution >= 4 is 11.9 Å². The molecule has 0 rings (SSSR count). The average Bonchev–Trinajstić information content (AvgIpc) is 2.12. The number of aliphatic carboxylic acids is 1. The number of likely N-dealkylation sites (N-methyl/N-ethyl adjacent to an activating group) is 1. The third-order valence-electron chi connectivity index (χ3n) is 2.24. The lowest BCUT2D eigenvalue weighted by Gasteiger charge is -2.24. The van der Waals surface area contributed by atoms with E-state index in [1.165, 1.54) is 0 Å². The van der Waals surface area contributed by atoms with E-state index >= 15 is 0 Å². The number of rotatable bonds is 8. The molecule has 6 nitrogen and oxygen atoms in total. The first kappa shape index (κ1) is 14.9. The summed E-state index contributed by atoms with van der Waals surface area (Å²) in [6.07, 6.45) is 0.